The van der Waals surface area contributed by atoms with E-state index < -0.39 is 0 Å². The van der Waals surface area contributed by atoms with Crippen molar-refractivity contribution in [2.45, 2.75) is 0 Å². The van der Waals surface area contributed by atoms with Crippen molar-refractivity contribution in [3.63, 3.8) is 0 Å². The summed E-state index contributed by atoms with van der Waals surface area (Å²) >= 11 is 3.43. The third-order valence-corrected chi connectivity index (χ3v) is 3.76. The van der Waals surface area contributed by atoms with Gasteiger partial charge in [-0.2, -0.15) is 5.10 Å². The molecule has 0 atom stereocenters. The fourth-order valence-corrected chi connectivity index (χ4v) is 2.83. The number of hydrogen-bond acceptors (Lipinski definition) is 3. The Morgan fingerprint density at radius 2 is 2.00 bits per heavy atom. The largest absolute Gasteiger partial charge is 0.322 e. The van der Waals surface area contributed by atoms with Gasteiger partial charge in [-0.15, -0.1) is 0 Å². The molecule has 0 spiro atoms. The molecule has 3 N–H and O–H groups in total. The molecule has 1 aliphatic rings. The SMILES string of the molecule is N/N=C1\C(=O)Nc2ccc(Br)c(-c3cccc(F)c3)c21. The van der Waals surface area contributed by atoms with Gasteiger partial charge in [-0.1, -0.05) is 28.1 Å². The van der Waals surface area contributed by atoms with E-state index in [0.717, 1.165) is 4.47 Å². The van der Waals surface area contributed by atoms with Crippen LogP contribution in [0.15, 0.2) is 46.0 Å². The number of carbonyl (C=O) groups is 1. The molecule has 0 bridgehead atoms. The summed E-state index contributed by atoms with van der Waals surface area (Å²) in [7, 11) is 0. The number of hydrazone groups is 1. The number of nitrogens with zero attached hydrogens (tertiary/aromatic N) is 1. The van der Waals surface area contributed by atoms with Crippen LogP contribution in [-0.2, 0) is 4.79 Å². The first-order valence-electron chi connectivity index (χ1n) is 5.80. The Hall–Kier alpha value is -2.21. The number of nitrogens with one attached hydrogen (secondary N) is 1. The fraction of sp³-hybridized carbons (Fsp3) is 0. The molecule has 0 aliphatic carbocycles. The maximum Gasteiger partial charge on any atom is 0.276 e. The van der Waals surface area contributed by atoms with Crippen molar-refractivity contribution < 1.29 is 9.18 Å². The summed E-state index contributed by atoms with van der Waals surface area (Å²) in [6, 6.07) is 9.68. The summed E-state index contributed by atoms with van der Waals surface area (Å²) in [5.74, 6) is 4.59. The molecular weight excluding hydrogens is 325 g/mol. The van der Waals surface area contributed by atoms with Crippen LogP contribution in [0.2, 0.25) is 0 Å². The minimum absolute atomic E-state index is 0.139. The molecular formula is C14H9BrFN3O. The molecule has 4 nitrogen and oxygen atoms in total. The Morgan fingerprint density at radius 1 is 1.20 bits per heavy atom. The molecule has 2 aromatic rings. The van der Waals surface area contributed by atoms with Crippen molar-refractivity contribution in [1.82, 2.24) is 0 Å². The van der Waals surface area contributed by atoms with Gasteiger partial charge in [0.1, 0.15) is 5.82 Å². The zero-order valence-corrected chi connectivity index (χ0v) is 11.7. The van der Waals surface area contributed by atoms with Gasteiger partial charge >= 0.3 is 0 Å². The molecule has 0 fully saturated rings. The molecule has 1 amide bonds. The second kappa shape index (κ2) is 4.72. The lowest BCUT2D eigenvalue weighted by atomic mass is 9.97. The molecule has 20 heavy (non-hydrogen) atoms. The second-order valence-corrected chi connectivity index (χ2v) is 5.14. The quantitative estimate of drug-likeness (QED) is 0.622. The minimum Gasteiger partial charge on any atom is -0.322 e. The van der Waals surface area contributed by atoms with Gasteiger partial charge in [0, 0.05) is 15.6 Å². The van der Waals surface area contributed by atoms with Gasteiger partial charge in [0.2, 0.25) is 0 Å². The third-order valence-electron chi connectivity index (χ3n) is 3.10. The van der Waals surface area contributed by atoms with Crippen molar-refractivity contribution in [3.05, 3.63) is 52.3 Å². The molecule has 3 rings (SSSR count). The molecule has 0 aromatic heterocycles. The number of nitrogens with two attached hydrogens (primary N) is 1. The molecule has 0 saturated carbocycles. The summed E-state index contributed by atoms with van der Waals surface area (Å²) in [4.78, 5) is 11.8. The number of benzene rings is 2. The van der Waals surface area contributed by atoms with Gasteiger partial charge in [0.15, 0.2) is 5.71 Å². The topological polar surface area (TPSA) is 67.5 Å². The third kappa shape index (κ3) is 1.89. The molecule has 2 aromatic carbocycles. The normalized spacial score (nSPS) is 15.3. The van der Waals surface area contributed by atoms with Gasteiger partial charge in [-0.25, -0.2) is 4.39 Å². The summed E-state index contributed by atoms with van der Waals surface area (Å²) in [5, 5.41) is 6.24. The van der Waals surface area contributed by atoms with E-state index in [1.165, 1.54) is 12.1 Å². The molecule has 6 heteroatoms. The van der Waals surface area contributed by atoms with Crippen molar-refractivity contribution in [2.24, 2.45) is 10.9 Å². The maximum absolute atomic E-state index is 13.4. The summed E-state index contributed by atoms with van der Waals surface area (Å²) in [5.41, 5.74) is 2.66. The molecule has 1 aliphatic heterocycles. The first-order valence-corrected chi connectivity index (χ1v) is 6.59. The van der Waals surface area contributed by atoms with E-state index in [1.54, 1.807) is 24.3 Å². The number of hydrogen-bond donors (Lipinski definition) is 2. The van der Waals surface area contributed by atoms with E-state index >= 15 is 0 Å². The van der Waals surface area contributed by atoms with Crippen molar-refractivity contribution in [3.8, 4) is 11.1 Å². The molecule has 1 heterocycles. The lowest BCUT2D eigenvalue weighted by molar-refractivity contribution is -0.110. The van der Waals surface area contributed by atoms with Crippen LogP contribution in [-0.4, -0.2) is 11.6 Å². The molecule has 0 unspecified atom stereocenters. The standard InChI is InChI=1S/C14H9BrFN3O/c15-9-4-5-10-12(13(19-17)14(20)18-10)11(9)7-2-1-3-8(16)6-7/h1-6H,17H2,(H,18,19,20). The van der Waals surface area contributed by atoms with Crippen molar-refractivity contribution in [1.29, 1.82) is 0 Å². The first kappa shape index (κ1) is 12.8. The predicted molar refractivity (Wildman–Crippen MR) is 78.9 cm³/mol. The Labute approximate surface area is 122 Å². The van der Waals surface area contributed by atoms with Crippen LogP contribution in [0.5, 0.6) is 0 Å². The molecule has 100 valence electrons. The highest BCUT2D eigenvalue weighted by Gasteiger charge is 2.30. The number of amides is 1. The van der Waals surface area contributed by atoms with E-state index in [4.69, 9.17) is 5.84 Å². The minimum atomic E-state index is -0.363. The van der Waals surface area contributed by atoms with Gasteiger partial charge in [-0.05, 0) is 29.8 Å². The van der Waals surface area contributed by atoms with Gasteiger partial charge in [0.25, 0.3) is 5.91 Å². The summed E-state index contributed by atoms with van der Waals surface area (Å²) in [6.45, 7) is 0. The molecule has 0 saturated heterocycles. The Balaban J connectivity index is 2.33. The average Bonchev–Trinajstić information content (AvgIpc) is 2.74. The van der Waals surface area contributed by atoms with Crippen molar-refractivity contribution in [2.75, 3.05) is 5.32 Å². The fourth-order valence-electron chi connectivity index (χ4n) is 2.27. The second-order valence-electron chi connectivity index (χ2n) is 4.29. The van der Waals surface area contributed by atoms with E-state index in [-0.39, 0.29) is 17.4 Å². The Bertz CT molecular complexity index is 758. The predicted octanol–water partition coefficient (Wildman–Crippen LogP) is 2.87. The van der Waals surface area contributed by atoms with E-state index in [1.807, 2.05) is 0 Å². The highest BCUT2D eigenvalue weighted by molar-refractivity contribution is 9.10. The monoisotopic (exact) mass is 333 g/mol. The zero-order valence-electron chi connectivity index (χ0n) is 10.2. The zero-order chi connectivity index (χ0) is 14.3. The van der Waals surface area contributed by atoms with Crippen LogP contribution in [0.3, 0.4) is 0 Å². The summed E-state index contributed by atoms with van der Waals surface area (Å²) < 4.78 is 14.2. The maximum atomic E-state index is 13.4. The number of halogens is 2. The Morgan fingerprint density at radius 3 is 2.70 bits per heavy atom. The smallest absolute Gasteiger partial charge is 0.276 e. The van der Waals surface area contributed by atoms with Crippen LogP contribution >= 0.6 is 15.9 Å². The lowest BCUT2D eigenvalue weighted by Crippen LogP contribution is -2.16. The Kier molecular flexibility index (Phi) is 3.02. The van der Waals surface area contributed by atoms with Crippen molar-refractivity contribution >= 4 is 33.2 Å². The van der Waals surface area contributed by atoms with E-state index in [9.17, 15) is 9.18 Å². The molecule has 0 radical (unpaired) electrons. The number of fused-ring (bicyclic) bond motifs is 1. The number of carbonyl (C=O) groups excluding carboxylic acids is 1. The lowest BCUT2D eigenvalue weighted by Gasteiger charge is -2.10. The van der Waals surface area contributed by atoms with E-state index in [2.05, 4.69) is 26.3 Å². The van der Waals surface area contributed by atoms with Crippen LogP contribution in [0.1, 0.15) is 5.56 Å². The number of anilines is 1. The highest BCUT2D eigenvalue weighted by atomic mass is 79.9. The number of rotatable bonds is 1. The van der Waals surface area contributed by atoms with Gasteiger partial charge < -0.3 is 11.2 Å². The van der Waals surface area contributed by atoms with Crippen LogP contribution in [0.4, 0.5) is 10.1 Å². The van der Waals surface area contributed by atoms with E-state index in [0.29, 0.717) is 22.4 Å². The van der Waals surface area contributed by atoms with Crippen LogP contribution < -0.4 is 11.2 Å². The van der Waals surface area contributed by atoms with Crippen LogP contribution in [0.25, 0.3) is 11.1 Å². The summed E-state index contributed by atoms with van der Waals surface area (Å²) in [6.07, 6.45) is 0. The van der Waals surface area contributed by atoms with Gasteiger partial charge in [-0.3, -0.25) is 4.79 Å². The van der Waals surface area contributed by atoms with Gasteiger partial charge in [0.05, 0.1) is 5.69 Å². The average molecular weight is 334 g/mol. The first-order chi connectivity index (χ1) is 9.61. The van der Waals surface area contributed by atoms with Crippen LogP contribution in [0, 0.1) is 5.82 Å². The highest BCUT2D eigenvalue weighted by Crippen LogP contribution is 2.39.